The Morgan fingerprint density at radius 1 is 0.598 bits per heavy atom. The first-order valence-electron chi connectivity index (χ1n) is 30.9. The molecule has 25 nitrogen and oxygen atoms in total. The number of carboxylic acids is 1. The van der Waals surface area contributed by atoms with Crippen LogP contribution in [0, 0.1) is 50.7 Å². The standard InChI is InChI=1S/C62H96O25/c1-13-25(3)52(76)82-45-27(5)78-56(44(73)47(45)83-53(77)26(4)14-2)87-50-39(68)36-28(21-58(50,6)7)29-15-16-34-60(10)19-18-35(59(8,9)33(60)17-20-61(34,11)62(29,12)22-30(36)65)81-57-49(86-55-42(71)40(69)37(66)31(23-63)79-55)46(43(72)48(85-57)51(74)75)84-54-41(70)38(67)32(24-64)80-54/h13-15,27-28,30-50,54-57,63-73H,16-24H2,1-12H3,(H,74,75)/b25-13-,26-14-/t27?,28?,30-,31?,32+,33?,34?,35+,36?,37+,38?,39-,40?,41?,42?,43+,44?,45+,46?,47?,48?,49?,50+,54+,55+,56+,57-,60+,61-,62-/m1/s1. The number of aliphatic hydroxyl groups is 11. The quantitative estimate of drug-likeness (QED) is 0.0466. The molecule has 494 valence electrons. The molecule has 4 saturated heterocycles. The smallest absolute Gasteiger partial charge is 0.335 e. The van der Waals surface area contributed by atoms with Gasteiger partial charge in [0.1, 0.15) is 67.1 Å². The first-order chi connectivity index (χ1) is 40.7. The summed E-state index contributed by atoms with van der Waals surface area (Å²) in [5.74, 6) is -4.00. The van der Waals surface area contributed by atoms with E-state index in [-0.39, 0.29) is 34.2 Å². The van der Waals surface area contributed by atoms with Crippen molar-refractivity contribution in [2.75, 3.05) is 13.2 Å². The molecule has 4 aliphatic heterocycles. The molecule has 25 heteroatoms. The third-order valence-corrected chi connectivity index (χ3v) is 22.6. The average molecular weight is 1240 g/mol. The molecule has 30 atom stereocenters. The molecular weight excluding hydrogens is 1140 g/mol. The fourth-order valence-corrected chi connectivity index (χ4v) is 17.3. The highest BCUT2D eigenvalue weighted by Crippen LogP contribution is 2.75. The summed E-state index contributed by atoms with van der Waals surface area (Å²) in [4.78, 5) is 39.2. The average Bonchev–Trinajstić information content (AvgIpc) is 0.985. The Morgan fingerprint density at radius 2 is 1.15 bits per heavy atom. The zero-order chi connectivity index (χ0) is 64.1. The lowest BCUT2D eigenvalue weighted by molar-refractivity contribution is -0.386. The van der Waals surface area contributed by atoms with Gasteiger partial charge in [-0.2, -0.15) is 0 Å². The Labute approximate surface area is 507 Å². The molecule has 4 saturated carbocycles. The maximum absolute atomic E-state index is 13.2. The van der Waals surface area contributed by atoms with Crippen molar-refractivity contribution in [3.8, 4) is 0 Å². The van der Waals surface area contributed by atoms with Crippen LogP contribution in [0.5, 0.6) is 0 Å². The van der Waals surface area contributed by atoms with Gasteiger partial charge >= 0.3 is 17.9 Å². The lowest BCUT2D eigenvalue weighted by Crippen LogP contribution is -2.68. The number of aliphatic carboxylic acids is 1. The second-order valence-corrected chi connectivity index (χ2v) is 28.2. The molecule has 9 aliphatic rings. The van der Waals surface area contributed by atoms with Gasteiger partial charge in [0.15, 0.2) is 43.5 Å². The molecule has 0 amide bonds. The molecule has 15 unspecified atom stereocenters. The number of carboxylic acid groups (broad SMARTS) is 1. The summed E-state index contributed by atoms with van der Waals surface area (Å²) in [5, 5.41) is 133. The summed E-state index contributed by atoms with van der Waals surface area (Å²) in [6, 6.07) is 0. The summed E-state index contributed by atoms with van der Waals surface area (Å²) in [5.41, 5.74) is -1.09. The summed E-state index contributed by atoms with van der Waals surface area (Å²) in [6.45, 7) is 21.4. The number of rotatable bonds is 15. The molecule has 4 heterocycles. The van der Waals surface area contributed by atoms with Gasteiger partial charge in [0.05, 0.1) is 43.7 Å². The first kappa shape index (κ1) is 68.2. The van der Waals surface area contributed by atoms with Gasteiger partial charge in [0.25, 0.3) is 0 Å². The van der Waals surface area contributed by atoms with Crippen LogP contribution in [0.15, 0.2) is 34.9 Å². The number of hydrogen-bond donors (Lipinski definition) is 12. The van der Waals surface area contributed by atoms with Crippen LogP contribution in [0.1, 0.15) is 128 Å². The number of carbonyl (C=O) groups excluding carboxylic acids is 2. The van der Waals surface area contributed by atoms with Crippen LogP contribution in [-0.4, -0.2) is 234 Å². The predicted octanol–water partition coefficient (Wildman–Crippen LogP) is 0.781. The van der Waals surface area contributed by atoms with E-state index < -0.39 is 194 Å². The minimum Gasteiger partial charge on any atom is -0.479 e. The van der Waals surface area contributed by atoms with Crippen LogP contribution in [0.25, 0.3) is 0 Å². The number of hydrogen-bond acceptors (Lipinski definition) is 24. The highest BCUT2D eigenvalue weighted by molar-refractivity contribution is 5.88. The summed E-state index contributed by atoms with van der Waals surface area (Å²) in [6.07, 6.45) is -26.4. The number of allylic oxidation sites excluding steroid dienone is 4. The monoisotopic (exact) mass is 1240 g/mol. The molecule has 0 bridgehead atoms. The first-order valence-corrected chi connectivity index (χ1v) is 30.9. The van der Waals surface area contributed by atoms with Gasteiger partial charge in [0, 0.05) is 17.1 Å². The minimum absolute atomic E-state index is 0.0508. The summed E-state index contributed by atoms with van der Waals surface area (Å²) < 4.78 is 61.1. The number of carbonyl (C=O) groups is 3. The van der Waals surface area contributed by atoms with Crippen molar-refractivity contribution in [2.45, 2.75) is 269 Å². The van der Waals surface area contributed by atoms with E-state index >= 15 is 0 Å². The Bertz CT molecular complexity index is 2590. The zero-order valence-electron chi connectivity index (χ0n) is 51.9. The van der Waals surface area contributed by atoms with E-state index in [0.717, 1.165) is 6.42 Å². The molecule has 8 fully saturated rings. The van der Waals surface area contributed by atoms with Crippen LogP contribution in [0.4, 0.5) is 0 Å². The van der Waals surface area contributed by atoms with Crippen LogP contribution in [-0.2, 0) is 61.8 Å². The van der Waals surface area contributed by atoms with Gasteiger partial charge in [-0.3, -0.25) is 0 Å². The van der Waals surface area contributed by atoms with E-state index in [2.05, 4.69) is 40.7 Å². The summed E-state index contributed by atoms with van der Waals surface area (Å²) >= 11 is 0. The Balaban J connectivity index is 0.963. The fraction of sp³-hybridized carbons (Fsp3) is 0.855. The summed E-state index contributed by atoms with van der Waals surface area (Å²) in [7, 11) is 0. The third-order valence-electron chi connectivity index (χ3n) is 22.6. The molecule has 0 aromatic heterocycles. The highest BCUT2D eigenvalue weighted by atomic mass is 16.8. The van der Waals surface area contributed by atoms with Gasteiger partial charge in [0.2, 0.25) is 0 Å². The van der Waals surface area contributed by atoms with Gasteiger partial charge in [-0.1, -0.05) is 72.3 Å². The fourth-order valence-electron chi connectivity index (χ4n) is 17.3. The molecule has 0 aromatic rings. The van der Waals surface area contributed by atoms with Crippen molar-refractivity contribution in [1.82, 2.24) is 0 Å². The second-order valence-electron chi connectivity index (χ2n) is 28.2. The lowest BCUT2D eigenvalue weighted by atomic mass is 9.34. The van der Waals surface area contributed by atoms with Gasteiger partial charge in [-0.05, 0) is 124 Å². The van der Waals surface area contributed by atoms with E-state index in [4.69, 9.17) is 47.4 Å². The van der Waals surface area contributed by atoms with Crippen molar-refractivity contribution >= 4 is 17.9 Å². The molecule has 9 rings (SSSR count). The van der Waals surface area contributed by atoms with E-state index in [1.54, 1.807) is 46.8 Å². The van der Waals surface area contributed by atoms with Crippen molar-refractivity contribution in [2.24, 2.45) is 50.7 Å². The van der Waals surface area contributed by atoms with E-state index in [1.807, 2.05) is 13.8 Å². The Hall–Kier alpha value is -3.13. The number of fused-ring (bicyclic) bond motifs is 7. The number of ether oxygens (including phenoxy) is 10. The van der Waals surface area contributed by atoms with Crippen LogP contribution < -0.4 is 0 Å². The van der Waals surface area contributed by atoms with Gasteiger partial charge in [-0.15, -0.1) is 0 Å². The van der Waals surface area contributed by atoms with Crippen LogP contribution in [0.2, 0.25) is 0 Å². The Morgan fingerprint density at radius 3 is 1.72 bits per heavy atom. The molecule has 87 heavy (non-hydrogen) atoms. The predicted molar refractivity (Wildman–Crippen MR) is 301 cm³/mol. The molecule has 5 aliphatic carbocycles. The van der Waals surface area contributed by atoms with Gasteiger partial charge < -0.3 is 109 Å². The SMILES string of the molecule is C/C=C(/C)C(=O)OC1C(O)[C@H](O[C@H]2[C@H](O)C3C(CC2(C)C)C2=CCC4[C@@]5(C)CC[C@H](O[C@@H]6OC(C(=O)O)[C@@H](O)C(O[C@@H]7O[C@@H](CO)C(O)C7O)C6O[C@@H]6OC(CO)[C@H](O)C(O)C6O)C(C)(C)C5CC[C@@]4(C)[C@]2(C)C[C@H]3O)OC(C)[C@@H]1OC(=O)/C(C)=C\C. The largest absolute Gasteiger partial charge is 0.479 e. The zero-order valence-corrected chi connectivity index (χ0v) is 51.9. The number of aliphatic hydroxyl groups excluding tert-OH is 11. The van der Waals surface area contributed by atoms with Crippen molar-refractivity contribution in [3.63, 3.8) is 0 Å². The van der Waals surface area contributed by atoms with E-state index in [1.165, 1.54) is 5.57 Å². The third kappa shape index (κ3) is 11.7. The van der Waals surface area contributed by atoms with Crippen LogP contribution >= 0.6 is 0 Å². The second kappa shape index (κ2) is 25.4. The van der Waals surface area contributed by atoms with E-state index in [9.17, 15) is 75.7 Å². The van der Waals surface area contributed by atoms with E-state index in [0.29, 0.717) is 44.1 Å². The number of esters is 2. The normalized spacial score (nSPS) is 49.7. The maximum atomic E-state index is 13.2. The van der Waals surface area contributed by atoms with Crippen LogP contribution in [0.3, 0.4) is 0 Å². The minimum atomic E-state index is -2.11. The molecule has 12 N–H and O–H groups in total. The molecule has 0 radical (unpaired) electrons. The highest BCUT2D eigenvalue weighted by Gasteiger charge is 2.70. The lowest BCUT2D eigenvalue weighted by Gasteiger charge is -2.71. The Kier molecular flexibility index (Phi) is 19.9. The molecular formula is C62H96O25. The molecule has 0 spiro atoms. The van der Waals surface area contributed by atoms with Gasteiger partial charge in [-0.25, -0.2) is 14.4 Å². The van der Waals surface area contributed by atoms with Crippen molar-refractivity contribution < 1.29 is 123 Å². The van der Waals surface area contributed by atoms with Crippen molar-refractivity contribution in [3.05, 3.63) is 34.9 Å². The molecule has 0 aromatic carbocycles. The topological polar surface area (TPSA) is 386 Å². The van der Waals surface area contributed by atoms with Crippen molar-refractivity contribution in [1.29, 1.82) is 0 Å². The maximum Gasteiger partial charge on any atom is 0.335 e.